The van der Waals surface area contributed by atoms with Crippen LogP contribution in [0.3, 0.4) is 0 Å². The molecule has 1 N–H and O–H groups in total. The number of nitrogens with zero attached hydrogens (tertiary/aromatic N) is 3. The molecule has 0 spiro atoms. The summed E-state index contributed by atoms with van der Waals surface area (Å²) in [5, 5.41) is 6.77. The molecule has 0 aliphatic carbocycles. The summed E-state index contributed by atoms with van der Waals surface area (Å²) in [7, 11) is 0. The lowest BCUT2D eigenvalue weighted by Crippen LogP contribution is -2.11. The fourth-order valence-electron chi connectivity index (χ4n) is 2.58. The number of nitrogens with one attached hydrogen (secondary N) is 1. The Morgan fingerprint density at radius 2 is 1.81 bits per heavy atom. The number of aryl methyl sites for hydroxylation is 1. The molecular weight excluding hydrogens is 420 g/mol. The minimum Gasteiger partial charge on any atom is -0.360 e. The van der Waals surface area contributed by atoms with Gasteiger partial charge in [-0.25, -0.2) is 9.67 Å². The molecule has 4 rings (SSSR count). The molecular formula is C21H17BrN4S. The topological polar surface area (TPSA) is 45.4 Å². The van der Waals surface area contributed by atoms with Crippen molar-refractivity contribution in [3.8, 4) is 11.3 Å². The van der Waals surface area contributed by atoms with Crippen LogP contribution in [-0.2, 0) is 0 Å². The van der Waals surface area contributed by atoms with E-state index in [1.807, 2.05) is 53.5 Å². The summed E-state index contributed by atoms with van der Waals surface area (Å²) < 4.78 is 2.93. The second-order valence-corrected chi connectivity index (χ2v) is 7.79. The average Bonchev–Trinajstić information content (AvgIpc) is 3.32. The largest absolute Gasteiger partial charge is 0.360 e. The number of halogens is 1. The molecule has 0 radical (unpaired) electrons. The summed E-state index contributed by atoms with van der Waals surface area (Å²) in [4.78, 5) is 8.76. The van der Waals surface area contributed by atoms with Gasteiger partial charge in [-0.3, -0.25) is 0 Å². The van der Waals surface area contributed by atoms with Crippen molar-refractivity contribution in [1.29, 1.82) is 0 Å². The number of benzene rings is 2. The Morgan fingerprint density at radius 1 is 1.04 bits per heavy atom. The first-order chi connectivity index (χ1) is 13.2. The third-order valence-corrected chi connectivity index (χ3v) is 5.36. The van der Waals surface area contributed by atoms with Gasteiger partial charge in [0.15, 0.2) is 0 Å². The van der Waals surface area contributed by atoms with Crippen LogP contribution in [0, 0.1) is 6.92 Å². The van der Waals surface area contributed by atoms with E-state index in [1.54, 1.807) is 11.3 Å². The summed E-state index contributed by atoms with van der Waals surface area (Å²) in [6, 6.07) is 20.3. The Bertz CT molecular complexity index is 1120. The van der Waals surface area contributed by atoms with E-state index >= 15 is 0 Å². The van der Waals surface area contributed by atoms with Crippen LogP contribution in [0.25, 0.3) is 11.3 Å². The van der Waals surface area contributed by atoms with Gasteiger partial charge in [-0.1, -0.05) is 45.8 Å². The first-order valence-electron chi connectivity index (χ1n) is 8.45. The highest BCUT2D eigenvalue weighted by Crippen LogP contribution is 2.23. The third kappa shape index (κ3) is 4.18. The van der Waals surface area contributed by atoms with Gasteiger partial charge in [0, 0.05) is 21.6 Å². The van der Waals surface area contributed by atoms with Crippen LogP contribution < -0.4 is 4.80 Å². The van der Waals surface area contributed by atoms with Gasteiger partial charge in [0.2, 0.25) is 4.80 Å². The molecule has 0 aliphatic heterocycles. The molecule has 0 amide bonds. The molecule has 0 bridgehead atoms. The van der Waals surface area contributed by atoms with Gasteiger partial charge in [-0.2, -0.15) is 5.10 Å². The highest BCUT2D eigenvalue weighted by molar-refractivity contribution is 9.10. The van der Waals surface area contributed by atoms with Gasteiger partial charge < -0.3 is 4.98 Å². The molecule has 0 fully saturated rings. The van der Waals surface area contributed by atoms with E-state index in [9.17, 15) is 0 Å². The Hall–Kier alpha value is -2.70. The molecule has 4 nitrogen and oxygen atoms in total. The fourth-order valence-corrected chi connectivity index (χ4v) is 3.70. The number of aromatic nitrogens is 2. The fraction of sp³-hybridized carbons (Fsp3) is 0.0476. The van der Waals surface area contributed by atoms with Gasteiger partial charge in [-0.15, -0.1) is 11.3 Å². The number of hydrogen-bond acceptors (Lipinski definition) is 3. The zero-order valence-corrected chi connectivity index (χ0v) is 17.0. The molecule has 0 atom stereocenters. The number of thiazole rings is 1. The number of aromatic amines is 1. The highest BCUT2D eigenvalue weighted by Gasteiger charge is 2.08. The monoisotopic (exact) mass is 436 g/mol. The van der Waals surface area contributed by atoms with E-state index in [-0.39, 0.29) is 0 Å². The molecule has 0 saturated carbocycles. The first kappa shape index (κ1) is 17.7. The Kier molecular flexibility index (Phi) is 5.18. The van der Waals surface area contributed by atoms with Gasteiger partial charge in [0.25, 0.3) is 0 Å². The van der Waals surface area contributed by atoms with E-state index in [2.05, 4.69) is 62.6 Å². The quantitative estimate of drug-likeness (QED) is 0.397. The van der Waals surface area contributed by atoms with Crippen LogP contribution in [0.1, 0.15) is 11.3 Å². The summed E-state index contributed by atoms with van der Waals surface area (Å²) >= 11 is 5.06. The van der Waals surface area contributed by atoms with Crippen molar-refractivity contribution in [2.45, 2.75) is 6.92 Å². The first-order valence-corrected chi connectivity index (χ1v) is 10.1. The maximum atomic E-state index is 4.79. The minimum atomic E-state index is 0.819. The predicted molar refractivity (Wildman–Crippen MR) is 116 cm³/mol. The van der Waals surface area contributed by atoms with Crippen LogP contribution in [0.2, 0.25) is 0 Å². The van der Waals surface area contributed by atoms with Gasteiger partial charge >= 0.3 is 0 Å². The average molecular weight is 437 g/mol. The third-order valence-electron chi connectivity index (χ3n) is 4.02. The number of rotatable bonds is 4. The van der Waals surface area contributed by atoms with E-state index in [0.717, 1.165) is 31.9 Å². The summed E-state index contributed by atoms with van der Waals surface area (Å²) in [6.07, 6.45) is 3.69. The maximum Gasteiger partial charge on any atom is 0.211 e. The summed E-state index contributed by atoms with van der Waals surface area (Å²) in [5.41, 5.74) is 5.16. The molecule has 0 unspecified atom stereocenters. The second-order valence-electron chi connectivity index (χ2n) is 6.04. The molecule has 2 aromatic carbocycles. The minimum absolute atomic E-state index is 0.819. The van der Waals surface area contributed by atoms with Crippen LogP contribution in [-0.4, -0.2) is 15.9 Å². The predicted octanol–water partition coefficient (Wildman–Crippen LogP) is 5.73. The summed E-state index contributed by atoms with van der Waals surface area (Å²) in [6.45, 7) is 2.07. The Morgan fingerprint density at radius 3 is 2.52 bits per heavy atom. The molecule has 0 saturated heterocycles. The Labute approximate surface area is 169 Å². The molecule has 6 heteroatoms. The molecule has 134 valence electrons. The van der Waals surface area contributed by atoms with Crippen molar-refractivity contribution in [1.82, 2.24) is 9.66 Å². The van der Waals surface area contributed by atoms with Crippen LogP contribution in [0.5, 0.6) is 0 Å². The van der Waals surface area contributed by atoms with E-state index in [1.165, 1.54) is 5.56 Å². The normalized spacial score (nSPS) is 12.1. The van der Waals surface area contributed by atoms with E-state index < -0.39 is 0 Å². The van der Waals surface area contributed by atoms with Crippen molar-refractivity contribution in [3.05, 3.63) is 92.8 Å². The van der Waals surface area contributed by atoms with Crippen LogP contribution >= 0.6 is 27.3 Å². The van der Waals surface area contributed by atoms with Crippen molar-refractivity contribution in [3.63, 3.8) is 0 Å². The van der Waals surface area contributed by atoms with Gasteiger partial charge in [-0.05, 0) is 43.3 Å². The van der Waals surface area contributed by atoms with Crippen molar-refractivity contribution in [2.75, 3.05) is 0 Å². The molecule has 27 heavy (non-hydrogen) atoms. The smallest absolute Gasteiger partial charge is 0.211 e. The molecule has 2 aromatic heterocycles. The summed E-state index contributed by atoms with van der Waals surface area (Å²) in [5.74, 6) is 0. The molecule has 2 heterocycles. The number of H-pyrrole nitrogens is 1. The zero-order valence-electron chi connectivity index (χ0n) is 14.6. The van der Waals surface area contributed by atoms with E-state index in [0.29, 0.717) is 0 Å². The van der Waals surface area contributed by atoms with Crippen molar-refractivity contribution in [2.24, 2.45) is 10.1 Å². The van der Waals surface area contributed by atoms with Crippen molar-refractivity contribution < 1.29 is 0 Å². The lowest BCUT2D eigenvalue weighted by atomic mass is 10.2. The Balaban J connectivity index is 1.83. The van der Waals surface area contributed by atoms with Gasteiger partial charge in [0.1, 0.15) is 0 Å². The molecule has 4 aromatic rings. The highest BCUT2D eigenvalue weighted by atomic mass is 79.9. The maximum absolute atomic E-state index is 4.79. The lowest BCUT2D eigenvalue weighted by molar-refractivity contribution is 0.854. The zero-order chi connectivity index (χ0) is 18.6. The van der Waals surface area contributed by atoms with Crippen LogP contribution in [0.15, 0.2) is 86.8 Å². The standard InChI is InChI=1S/C21H17BrN4S/c1-15-4-10-18(11-5-15)25-21-26(24-13-19-3-2-12-23-19)20(14-27-21)16-6-8-17(22)9-7-16/h2-14,23H,1H3. The second kappa shape index (κ2) is 7.90. The van der Waals surface area contributed by atoms with E-state index in [4.69, 9.17) is 4.99 Å². The lowest BCUT2D eigenvalue weighted by Gasteiger charge is -2.04. The van der Waals surface area contributed by atoms with Gasteiger partial charge in [0.05, 0.1) is 23.3 Å². The van der Waals surface area contributed by atoms with Crippen LogP contribution in [0.4, 0.5) is 5.69 Å². The van der Waals surface area contributed by atoms with Crippen molar-refractivity contribution >= 4 is 39.2 Å². The SMILES string of the molecule is Cc1ccc(N=c2scc(-c3ccc(Br)cc3)n2N=Cc2ccc[nH]2)cc1. The number of hydrogen-bond donors (Lipinski definition) is 1. The molecule has 0 aliphatic rings.